The van der Waals surface area contributed by atoms with Crippen molar-refractivity contribution in [2.24, 2.45) is 16.4 Å². The first-order valence-corrected chi connectivity index (χ1v) is 14.1. The SMILES string of the molecule is O=C(NCCC=CC1(C(=O)O)CC1)C(c1ccc(CN2N=C(C3=CC=CCC3)OCC2=O)cc1)C1CCCC1. The van der Waals surface area contributed by atoms with Crippen LogP contribution in [-0.4, -0.2) is 46.9 Å². The lowest BCUT2D eigenvalue weighted by molar-refractivity contribution is -0.141. The van der Waals surface area contributed by atoms with Crippen LogP contribution in [0.1, 0.15) is 74.8 Å². The van der Waals surface area contributed by atoms with Gasteiger partial charge in [0, 0.05) is 12.1 Å². The molecule has 0 saturated heterocycles. The zero-order valence-electron chi connectivity index (χ0n) is 22.3. The number of benzene rings is 1. The standard InChI is InChI=1S/C31H37N3O5/c35-26-21-39-29(25-10-2-1-3-11-25)33-34(26)20-22-12-14-24(15-13-22)27(23-8-4-5-9-23)28(36)32-19-7-6-16-31(17-18-31)30(37)38/h1-2,6,10,12-16,23,27H,3-5,7-9,11,17-21H2,(H,32,36)(H,37,38). The van der Waals surface area contributed by atoms with E-state index in [0.29, 0.717) is 44.2 Å². The third kappa shape index (κ3) is 6.49. The lowest BCUT2D eigenvalue weighted by Crippen LogP contribution is -2.36. The Balaban J connectivity index is 1.22. The number of hydrogen-bond donors (Lipinski definition) is 2. The smallest absolute Gasteiger partial charge is 0.313 e. The second kappa shape index (κ2) is 12.0. The van der Waals surface area contributed by atoms with Gasteiger partial charge in [-0.2, -0.15) is 0 Å². The Morgan fingerprint density at radius 3 is 2.64 bits per heavy atom. The molecule has 1 unspecified atom stereocenters. The molecule has 8 nitrogen and oxygen atoms in total. The molecule has 4 aliphatic rings. The average molecular weight is 532 g/mol. The molecule has 206 valence electrons. The van der Waals surface area contributed by atoms with Crippen LogP contribution >= 0.6 is 0 Å². The van der Waals surface area contributed by atoms with Crippen LogP contribution in [-0.2, 0) is 25.7 Å². The third-order valence-electron chi connectivity index (χ3n) is 8.21. The maximum absolute atomic E-state index is 13.3. The van der Waals surface area contributed by atoms with Crippen LogP contribution < -0.4 is 5.32 Å². The summed E-state index contributed by atoms with van der Waals surface area (Å²) < 4.78 is 5.59. The van der Waals surface area contributed by atoms with E-state index in [2.05, 4.69) is 16.5 Å². The van der Waals surface area contributed by atoms with Gasteiger partial charge in [0.05, 0.1) is 17.9 Å². The molecule has 0 aromatic heterocycles. The number of carboxylic acids is 1. The normalized spacial score (nSPS) is 21.3. The highest BCUT2D eigenvalue weighted by molar-refractivity contribution is 5.98. The number of allylic oxidation sites excluding steroid dienone is 3. The molecule has 1 heterocycles. The van der Waals surface area contributed by atoms with Gasteiger partial charge in [-0.1, -0.05) is 67.5 Å². The fraction of sp³-hybridized carbons (Fsp3) is 0.484. The zero-order chi connectivity index (χ0) is 27.2. The third-order valence-corrected chi connectivity index (χ3v) is 8.21. The van der Waals surface area contributed by atoms with Gasteiger partial charge in [-0.25, -0.2) is 5.01 Å². The Bertz CT molecular complexity index is 1200. The molecule has 2 amide bonds. The molecule has 0 bridgehead atoms. The molecule has 1 atom stereocenters. The number of nitrogens with one attached hydrogen (secondary N) is 1. The van der Waals surface area contributed by atoms with Crippen LogP contribution in [0.3, 0.4) is 0 Å². The van der Waals surface area contributed by atoms with E-state index < -0.39 is 11.4 Å². The van der Waals surface area contributed by atoms with E-state index in [9.17, 15) is 19.5 Å². The van der Waals surface area contributed by atoms with Gasteiger partial charge in [0.1, 0.15) is 0 Å². The zero-order valence-corrected chi connectivity index (χ0v) is 22.3. The monoisotopic (exact) mass is 531 g/mol. The number of nitrogens with zero attached hydrogens (tertiary/aromatic N) is 2. The molecule has 2 saturated carbocycles. The predicted molar refractivity (Wildman–Crippen MR) is 148 cm³/mol. The summed E-state index contributed by atoms with van der Waals surface area (Å²) >= 11 is 0. The molecule has 1 aromatic carbocycles. The van der Waals surface area contributed by atoms with Crippen molar-refractivity contribution in [1.82, 2.24) is 10.3 Å². The summed E-state index contributed by atoms with van der Waals surface area (Å²) in [5, 5.41) is 18.3. The van der Waals surface area contributed by atoms with Gasteiger partial charge >= 0.3 is 5.97 Å². The van der Waals surface area contributed by atoms with E-state index >= 15 is 0 Å². The highest BCUT2D eigenvalue weighted by atomic mass is 16.5. The lowest BCUT2D eigenvalue weighted by Gasteiger charge is -2.26. The van der Waals surface area contributed by atoms with Crippen LogP contribution in [0, 0.1) is 11.3 Å². The maximum Gasteiger partial charge on any atom is 0.313 e. The molecule has 1 aliphatic heterocycles. The minimum atomic E-state index is -0.767. The average Bonchev–Trinajstić information content (AvgIpc) is 3.56. The molecule has 5 rings (SSSR count). The van der Waals surface area contributed by atoms with E-state index in [4.69, 9.17) is 4.74 Å². The number of hydrazone groups is 1. The summed E-state index contributed by atoms with van der Waals surface area (Å²) in [4.78, 5) is 37.1. The van der Waals surface area contributed by atoms with E-state index in [1.807, 2.05) is 42.5 Å². The molecular formula is C31H37N3O5. The van der Waals surface area contributed by atoms with Crippen LogP contribution in [0.2, 0.25) is 0 Å². The highest BCUT2D eigenvalue weighted by Crippen LogP contribution is 2.47. The summed E-state index contributed by atoms with van der Waals surface area (Å²) in [5.74, 6) is -0.326. The molecule has 3 aliphatic carbocycles. The quantitative estimate of drug-likeness (QED) is 0.314. The molecule has 0 radical (unpaired) electrons. The Morgan fingerprint density at radius 2 is 1.97 bits per heavy atom. The van der Waals surface area contributed by atoms with Gasteiger partial charge < -0.3 is 15.2 Å². The van der Waals surface area contributed by atoms with Gasteiger partial charge in [0.25, 0.3) is 5.91 Å². The lowest BCUT2D eigenvalue weighted by atomic mass is 9.83. The van der Waals surface area contributed by atoms with Crippen molar-refractivity contribution >= 4 is 23.7 Å². The number of hydrogen-bond acceptors (Lipinski definition) is 5. The van der Waals surface area contributed by atoms with Gasteiger partial charge in [0.2, 0.25) is 11.8 Å². The highest BCUT2D eigenvalue weighted by Gasteiger charge is 2.47. The first kappa shape index (κ1) is 26.9. The van der Waals surface area contributed by atoms with Crippen LogP contribution in [0.25, 0.3) is 0 Å². The first-order chi connectivity index (χ1) is 18.9. The number of carbonyl (C=O) groups is 3. The van der Waals surface area contributed by atoms with Crippen molar-refractivity contribution in [3.8, 4) is 0 Å². The van der Waals surface area contributed by atoms with Gasteiger partial charge in [-0.05, 0) is 62.0 Å². The molecule has 8 heteroatoms. The number of rotatable bonds is 11. The Kier molecular flexibility index (Phi) is 8.29. The second-order valence-corrected chi connectivity index (χ2v) is 11.0. The molecule has 2 fully saturated rings. The minimum Gasteiger partial charge on any atom is -0.481 e. The van der Waals surface area contributed by atoms with E-state index in [-0.39, 0.29) is 24.3 Å². The summed E-state index contributed by atoms with van der Waals surface area (Å²) in [7, 11) is 0. The second-order valence-electron chi connectivity index (χ2n) is 11.0. The topological polar surface area (TPSA) is 108 Å². The van der Waals surface area contributed by atoms with Gasteiger partial charge in [-0.3, -0.25) is 14.4 Å². The van der Waals surface area contributed by atoms with E-state index in [1.165, 1.54) is 5.01 Å². The van der Waals surface area contributed by atoms with Gasteiger partial charge in [0.15, 0.2) is 6.61 Å². The van der Waals surface area contributed by atoms with Crippen LogP contribution in [0.15, 0.2) is 65.3 Å². The fourth-order valence-electron chi connectivity index (χ4n) is 5.68. The maximum atomic E-state index is 13.3. The Hall–Kier alpha value is -3.68. The number of amides is 2. The number of carboxylic acid groups (broad SMARTS) is 1. The van der Waals surface area contributed by atoms with Crippen molar-refractivity contribution in [2.45, 2.75) is 70.3 Å². The Morgan fingerprint density at radius 1 is 1.21 bits per heavy atom. The molecule has 1 aromatic rings. The van der Waals surface area contributed by atoms with Crippen LogP contribution in [0.4, 0.5) is 0 Å². The van der Waals surface area contributed by atoms with Crippen molar-refractivity contribution < 1.29 is 24.2 Å². The molecule has 0 spiro atoms. The van der Waals surface area contributed by atoms with E-state index in [0.717, 1.165) is 55.2 Å². The van der Waals surface area contributed by atoms with Gasteiger partial charge in [-0.15, -0.1) is 5.10 Å². The van der Waals surface area contributed by atoms with Crippen molar-refractivity contribution in [2.75, 3.05) is 13.2 Å². The fourth-order valence-corrected chi connectivity index (χ4v) is 5.68. The number of carbonyl (C=O) groups excluding carboxylic acids is 2. The van der Waals surface area contributed by atoms with Crippen molar-refractivity contribution in [3.05, 3.63) is 71.3 Å². The summed E-state index contributed by atoms with van der Waals surface area (Å²) in [6.45, 7) is 0.811. The van der Waals surface area contributed by atoms with Crippen LogP contribution in [0.5, 0.6) is 0 Å². The molecular weight excluding hydrogens is 494 g/mol. The summed E-state index contributed by atoms with van der Waals surface area (Å²) in [6.07, 6.45) is 17.8. The largest absolute Gasteiger partial charge is 0.481 e. The number of aliphatic carboxylic acids is 1. The summed E-state index contributed by atoms with van der Waals surface area (Å²) in [6, 6.07) is 7.97. The Labute approximate surface area is 229 Å². The molecule has 39 heavy (non-hydrogen) atoms. The minimum absolute atomic E-state index is 0.0195. The van der Waals surface area contributed by atoms with Crippen molar-refractivity contribution in [1.29, 1.82) is 0 Å². The summed E-state index contributed by atoms with van der Waals surface area (Å²) in [5.41, 5.74) is 2.25. The predicted octanol–water partition coefficient (Wildman–Crippen LogP) is 4.84. The number of ether oxygens (including phenoxy) is 1. The van der Waals surface area contributed by atoms with Crippen molar-refractivity contribution in [3.63, 3.8) is 0 Å². The van der Waals surface area contributed by atoms with E-state index in [1.54, 1.807) is 6.08 Å². The molecule has 2 N–H and O–H groups in total. The first-order valence-electron chi connectivity index (χ1n) is 14.1.